The van der Waals surface area contributed by atoms with E-state index in [0.29, 0.717) is 13.1 Å². The average Bonchev–Trinajstić information content (AvgIpc) is 4.10. The Morgan fingerprint density at radius 2 is 1.20 bits per heavy atom. The molecule has 2 fully saturated rings. The molecule has 324 valence electrons. The summed E-state index contributed by atoms with van der Waals surface area (Å²) in [5.74, 6) is 1.05. The zero-order chi connectivity index (χ0) is 43.2. The molecule has 2 aliphatic heterocycles. The highest BCUT2D eigenvalue weighted by atomic mass is 16.5. The Balaban J connectivity index is 1.05. The van der Waals surface area contributed by atoms with E-state index < -0.39 is 29.8 Å². The summed E-state index contributed by atoms with van der Waals surface area (Å²) in [4.78, 5) is 72.7. The SMILES string of the molecule is COC(=O)NC(C(=O)N1CCCC1c1ncc(-c2ccc(-c3ccc(-c4cnc(C5(C)CCCN5C(=O)C(NC(=O)OC)C(C)C)[nH]4)c4c3CCC4)c3c2CCC3)[nH]1)C(C)C. The second-order valence-electron chi connectivity index (χ2n) is 18.0. The quantitative estimate of drug-likeness (QED) is 0.121. The molecule has 0 bridgehead atoms. The fraction of sp³-hybridized carbons (Fsp3) is 0.532. The number of carbonyl (C=O) groups excluding carboxylic acids is 4. The van der Waals surface area contributed by atoms with Crippen molar-refractivity contribution in [2.45, 2.75) is 122 Å². The molecule has 8 rings (SSSR count). The zero-order valence-corrected chi connectivity index (χ0v) is 36.6. The molecule has 2 aliphatic carbocycles. The number of fused-ring (bicyclic) bond motifs is 2. The standard InChI is InChI=1S/C47H60N8O6/c1-26(2)39(52-45(58)60-6)42(56)54-22-10-16-38(54)41-48-24-36(50-41)34-19-17-32(28-12-8-14-30(28)34)33-18-20-35(31-15-9-13-29(31)33)37-25-49-44(51-37)47(5)21-11-23-55(47)43(57)40(27(3)4)53-46(59)61-7/h17-20,24-27,38-40H,8-16,21-23H2,1-7H3,(H,48,50)(H,49,51)(H,52,58)(H,53,59). The predicted octanol–water partition coefficient (Wildman–Crippen LogP) is 7.37. The van der Waals surface area contributed by atoms with Gasteiger partial charge in [-0.15, -0.1) is 0 Å². The lowest BCUT2D eigenvalue weighted by Gasteiger charge is -2.37. The Labute approximate surface area is 358 Å². The first-order valence-electron chi connectivity index (χ1n) is 22.1. The van der Waals surface area contributed by atoms with Gasteiger partial charge in [0.25, 0.3) is 0 Å². The number of nitrogens with zero attached hydrogens (tertiary/aromatic N) is 4. The van der Waals surface area contributed by atoms with Gasteiger partial charge in [-0.25, -0.2) is 19.6 Å². The Kier molecular flexibility index (Phi) is 11.7. The molecule has 2 aromatic heterocycles. The Hall–Kier alpha value is -5.66. The highest BCUT2D eigenvalue weighted by Crippen LogP contribution is 2.45. The van der Waals surface area contributed by atoms with Gasteiger partial charge in [0.15, 0.2) is 0 Å². The molecule has 4 heterocycles. The number of amides is 4. The largest absolute Gasteiger partial charge is 0.453 e. The van der Waals surface area contributed by atoms with E-state index in [4.69, 9.17) is 19.4 Å². The molecule has 14 nitrogen and oxygen atoms in total. The van der Waals surface area contributed by atoms with Gasteiger partial charge in [-0.3, -0.25) is 9.59 Å². The smallest absolute Gasteiger partial charge is 0.407 e. The van der Waals surface area contributed by atoms with E-state index in [9.17, 15) is 19.2 Å². The van der Waals surface area contributed by atoms with Crippen molar-refractivity contribution in [3.05, 3.63) is 70.6 Å². The first kappa shape index (κ1) is 42.0. The van der Waals surface area contributed by atoms with Crippen molar-refractivity contribution in [1.82, 2.24) is 40.4 Å². The Morgan fingerprint density at radius 1 is 0.689 bits per heavy atom. The molecule has 61 heavy (non-hydrogen) atoms. The molecule has 4 aliphatic rings. The molecule has 2 aromatic carbocycles. The predicted molar refractivity (Wildman–Crippen MR) is 231 cm³/mol. The van der Waals surface area contributed by atoms with Gasteiger partial charge >= 0.3 is 12.2 Å². The summed E-state index contributed by atoms with van der Waals surface area (Å²) in [6, 6.07) is 7.45. The maximum Gasteiger partial charge on any atom is 0.407 e. The van der Waals surface area contributed by atoms with Crippen LogP contribution in [-0.2, 0) is 50.3 Å². The molecule has 4 aromatic rings. The van der Waals surface area contributed by atoms with Crippen LogP contribution in [0.2, 0.25) is 0 Å². The Bertz CT molecular complexity index is 2330. The number of aromatic amines is 2. The van der Waals surface area contributed by atoms with Gasteiger partial charge in [-0.1, -0.05) is 52.0 Å². The maximum absolute atomic E-state index is 14.0. The highest BCUT2D eigenvalue weighted by molar-refractivity contribution is 5.88. The minimum absolute atomic E-state index is 0.102. The summed E-state index contributed by atoms with van der Waals surface area (Å²) >= 11 is 0. The van der Waals surface area contributed by atoms with E-state index in [1.54, 1.807) is 0 Å². The molecule has 0 spiro atoms. The van der Waals surface area contributed by atoms with Crippen LogP contribution in [0.4, 0.5) is 9.59 Å². The number of hydrogen-bond donors (Lipinski definition) is 4. The number of nitrogens with one attached hydrogen (secondary N) is 4. The number of likely N-dealkylation sites (tertiary alicyclic amines) is 2. The van der Waals surface area contributed by atoms with E-state index in [-0.39, 0.29) is 29.7 Å². The topological polar surface area (TPSA) is 175 Å². The van der Waals surface area contributed by atoms with Gasteiger partial charge in [0.1, 0.15) is 23.7 Å². The molecular weight excluding hydrogens is 773 g/mol. The van der Waals surface area contributed by atoms with Crippen LogP contribution in [0, 0.1) is 11.8 Å². The second kappa shape index (κ2) is 17.0. The average molecular weight is 833 g/mol. The summed E-state index contributed by atoms with van der Waals surface area (Å²) in [6.07, 6.45) is 12.0. The summed E-state index contributed by atoms with van der Waals surface area (Å²) in [6.45, 7) is 11.0. The van der Waals surface area contributed by atoms with Crippen molar-refractivity contribution >= 4 is 24.0 Å². The third-order valence-electron chi connectivity index (χ3n) is 13.7. The van der Waals surface area contributed by atoms with Crippen LogP contribution in [0.15, 0.2) is 36.7 Å². The van der Waals surface area contributed by atoms with E-state index in [2.05, 4.69) is 51.8 Å². The summed E-state index contributed by atoms with van der Waals surface area (Å²) in [7, 11) is 2.61. The molecule has 14 heteroatoms. The number of benzene rings is 2. The molecule has 4 atom stereocenters. The molecule has 4 N–H and O–H groups in total. The van der Waals surface area contributed by atoms with Gasteiger partial charge in [-0.2, -0.15) is 0 Å². The number of carbonyl (C=O) groups is 4. The minimum Gasteiger partial charge on any atom is -0.453 e. The van der Waals surface area contributed by atoms with Gasteiger partial charge < -0.3 is 39.9 Å². The van der Waals surface area contributed by atoms with Crippen LogP contribution in [0.25, 0.3) is 33.6 Å². The molecule has 2 saturated heterocycles. The van der Waals surface area contributed by atoms with E-state index in [1.807, 2.05) is 49.9 Å². The first-order valence-corrected chi connectivity index (χ1v) is 22.1. The number of rotatable bonds is 11. The van der Waals surface area contributed by atoms with Crippen molar-refractivity contribution in [2.75, 3.05) is 27.3 Å². The highest BCUT2D eigenvalue weighted by Gasteiger charge is 2.46. The number of H-pyrrole nitrogens is 2. The monoisotopic (exact) mass is 832 g/mol. The van der Waals surface area contributed by atoms with Crippen molar-refractivity contribution in [1.29, 1.82) is 0 Å². The number of hydrogen-bond acceptors (Lipinski definition) is 8. The van der Waals surface area contributed by atoms with Gasteiger partial charge in [0, 0.05) is 24.2 Å². The summed E-state index contributed by atoms with van der Waals surface area (Å²) < 4.78 is 9.64. The Morgan fingerprint density at radius 3 is 1.75 bits per heavy atom. The summed E-state index contributed by atoms with van der Waals surface area (Å²) in [5.41, 5.74) is 11.7. The van der Waals surface area contributed by atoms with Crippen LogP contribution in [0.3, 0.4) is 0 Å². The van der Waals surface area contributed by atoms with Crippen molar-refractivity contribution < 1.29 is 28.7 Å². The molecule has 4 unspecified atom stereocenters. The third-order valence-corrected chi connectivity index (χ3v) is 13.7. The normalized spacial score (nSPS) is 20.5. The first-order chi connectivity index (χ1) is 29.3. The second-order valence-corrected chi connectivity index (χ2v) is 18.0. The van der Waals surface area contributed by atoms with E-state index in [1.165, 1.54) is 47.6 Å². The maximum atomic E-state index is 14.0. The zero-order valence-electron chi connectivity index (χ0n) is 36.6. The minimum atomic E-state index is -0.704. The van der Waals surface area contributed by atoms with Crippen molar-refractivity contribution in [2.24, 2.45) is 11.8 Å². The lowest BCUT2D eigenvalue weighted by Crippen LogP contribution is -2.55. The van der Waals surface area contributed by atoms with Crippen LogP contribution < -0.4 is 10.6 Å². The number of imidazole rings is 2. The van der Waals surface area contributed by atoms with Crippen LogP contribution in [0.1, 0.15) is 113 Å². The lowest BCUT2D eigenvalue weighted by atomic mass is 9.87. The van der Waals surface area contributed by atoms with E-state index in [0.717, 1.165) is 98.4 Å². The van der Waals surface area contributed by atoms with Gasteiger partial charge in [0.05, 0.1) is 49.6 Å². The number of aromatic nitrogens is 4. The number of ether oxygens (including phenoxy) is 2. The van der Waals surface area contributed by atoms with Crippen LogP contribution >= 0.6 is 0 Å². The third kappa shape index (κ3) is 7.67. The molecule has 0 radical (unpaired) electrons. The molecule has 4 amide bonds. The van der Waals surface area contributed by atoms with Crippen LogP contribution in [0.5, 0.6) is 0 Å². The van der Waals surface area contributed by atoms with Gasteiger partial charge in [0.2, 0.25) is 11.8 Å². The van der Waals surface area contributed by atoms with Crippen molar-refractivity contribution in [3.63, 3.8) is 0 Å². The molecular formula is C47H60N8O6. The van der Waals surface area contributed by atoms with E-state index >= 15 is 0 Å². The van der Waals surface area contributed by atoms with Crippen molar-refractivity contribution in [3.8, 4) is 33.6 Å². The molecule has 0 saturated carbocycles. The number of alkyl carbamates (subject to hydrolysis) is 2. The fourth-order valence-corrected chi connectivity index (χ4v) is 10.4. The number of methoxy groups -OCH3 is 2. The lowest BCUT2D eigenvalue weighted by molar-refractivity contribution is -0.138. The van der Waals surface area contributed by atoms with Gasteiger partial charge in [-0.05, 0) is 116 Å². The summed E-state index contributed by atoms with van der Waals surface area (Å²) in [5, 5.41) is 5.49. The van der Waals surface area contributed by atoms with Crippen LogP contribution in [-0.4, -0.2) is 93.1 Å². The fourth-order valence-electron chi connectivity index (χ4n) is 10.4.